The number of nitrogen functional groups attached to an aromatic ring is 1. The summed E-state index contributed by atoms with van der Waals surface area (Å²) in [5.41, 5.74) is 5.71. The molecule has 29 heavy (non-hydrogen) atoms. The number of thiophene rings is 1. The number of nitrogens with one attached hydrogen (secondary N) is 1. The van der Waals surface area contributed by atoms with Crippen LogP contribution in [0.4, 0.5) is 11.5 Å². The lowest BCUT2D eigenvalue weighted by atomic mass is 10.2. The third kappa shape index (κ3) is 4.60. The summed E-state index contributed by atoms with van der Waals surface area (Å²) in [5.74, 6) is -0.442. The summed E-state index contributed by atoms with van der Waals surface area (Å²) in [5, 5.41) is 0. The highest BCUT2D eigenvalue weighted by Crippen LogP contribution is 2.27. The van der Waals surface area contributed by atoms with Crippen molar-refractivity contribution in [3.05, 3.63) is 78.1 Å². The van der Waals surface area contributed by atoms with Gasteiger partial charge in [0.2, 0.25) is 0 Å². The number of amides is 1. The number of nitrogens with zero attached hydrogens (tertiary/aromatic N) is 2. The van der Waals surface area contributed by atoms with Gasteiger partial charge in [-0.1, -0.05) is 55.3 Å². The summed E-state index contributed by atoms with van der Waals surface area (Å²) < 4.78 is 1.76. The molecule has 1 amide bonds. The lowest BCUT2D eigenvalue weighted by Crippen LogP contribution is -2.40. The highest BCUT2D eigenvalue weighted by molar-refractivity contribution is 7.18. The molecule has 0 saturated heterocycles. The molecule has 0 atom stereocenters. The van der Waals surface area contributed by atoms with Gasteiger partial charge in [-0.3, -0.25) is 24.0 Å². The molecule has 2 aromatic heterocycles. The van der Waals surface area contributed by atoms with E-state index in [0.717, 1.165) is 23.3 Å². The van der Waals surface area contributed by atoms with Gasteiger partial charge in [-0.15, -0.1) is 11.3 Å². The molecule has 0 spiro atoms. The molecule has 2 heterocycles. The molecule has 0 aliphatic heterocycles. The quantitative estimate of drug-likeness (QED) is 0.596. The second kappa shape index (κ2) is 9.11. The Bertz CT molecular complexity index is 1120. The third-order valence-corrected chi connectivity index (χ3v) is 5.65. The predicted molar refractivity (Wildman–Crippen MR) is 117 cm³/mol. The molecule has 3 aromatic rings. The van der Waals surface area contributed by atoms with Gasteiger partial charge in [0.1, 0.15) is 5.82 Å². The minimum Gasteiger partial charge on any atom is -0.383 e. The first-order valence-corrected chi connectivity index (χ1v) is 10.4. The fourth-order valence-corrected chi connectivity index (χ4v) is 3.95. The number of nitrogens with two attached hydrogens (primary N) is 1. The minimum absolute atomic E-state index is 0.0286. The second-order valence-electron chi connectivity index (χ2n) is 6.48. The Morgan fingerprint density at radius 2 is 1.93 bits per heavy atom. The lowest BCUT2D eigenvalue weighted by molar-refractivity contribution is 0.0988. The van der Waals surface area contributed by atoms with Crippen molar-refractivity contribution in [2.24, 2.45) is 0 Å². The van der Waals surface area contributed by atoms with E-state index in [9.17, 15) is 14.4 Å². The Morgan fingerprint density at radius 3 is 2.55 bits per heavy atom. The van der Waals surface area contributed by atoms with Crippen molar-refractivity contribution in [2.75, 3.05) is 10.6 Å². The average Bonchev–Trinajstić information content (AvgIpc) is 3.13. The number of H-pyrrole nitrogens is 1. The number of hydrogen-bond donors (Lipinski definition) is 2. The Morgan fingerprint density at radius 1 is 1.21 bits per heavy atom. The SMILES string of the molecule is CCCCn1c(N)c(N(Cc2ccccc2)C(=O)c2ccc(Cl)s2)c(=O)[nH]c1=O. The van der Waals surface area contributed by atoms with E-state index in [4.69, 9.17) is 17.3 Å². The van der Waals surface area contributed by atoms with Gasteiger partial charge in [0.15, 0.2) is 5.69 Å². The van der Waals surface area contributed by atoms with Crippen LogP contribution in [0.15, 0.2) is 52.1 Å². The lowest BCUT2D eigenvalue weighted by Gasteiger charge is -2.24. The predicted octanol–water partition coefficient (Wildman–Crippen LogP) is 3.48. The zero-order valence-corrected chi connectivity index (χ0v) is 17.4. The van der Waals surface area contributed by atoms with E-state index in [0.29, 0.717) is 22.2 Å². The molecule has 7 nitrogen and oxygen atoms in total. The van der Waals surface area contributed by atoms with Gasteiger partial charge < -0.3 is 5.73 Å². The number of unbranched alkanes of at least 4 members (excludes halogenated alkanes) is 1. The number of carbonyl (C=O) groups excluding carboxylic acids is 1. The molecular formula is C20H21ClN4O3S. The van der Waals surface area contributed by atoms with Crippen LogP contribution in [0, 0.1) is 0 Å². The monoisotopic (exact) mass is 432 g/mol. The first-order chi connectivity index (χ1) is 13.9. The number of aromatic nitrogens is 2. The largest absolute Gasteiger partial charge is 0.383 e. The van der Waals surface area contributed by atoms with Crippen LogP contribution in [0.1, 0.15) is 35.0 Å². The van der Waals surface area contributed by atoms with Crippen molar-refractivity contribution in [2.45, 2.75) is 32.9 Å². The first kappa shape index (κ1) is 20.9. The molecule has 152 valence electrons. The molecule has 0 unspecified atom stereocenters. The molecule has 1 aromatic carbocycles. The maximum absolute atomic E-state index is 13.3. The van der Waals surface area contributed by atoms with E-state index in [1.165, 1.54) is 9.47 Å². The number of carbonyl (C=O) groups is 1. The molecule has 0 radical (unpaired) electrons. The van der Waals surface area contributed by atoms with Crippen LogP contribution in [-0.2, 0) is 13.1 Å². The highest BCUT2D eigenvalue weighted by Gasteiger charge is 2.26. The molecule has 0 fully saturated rings. The third-order valence-electron chi connectivity index (χ3n) is 4.43. The molecule has 3 N–H and O–H groups in total. The Balaban J connectivity index is 2.14. The van der Waals surface area contributed by atoms with Gasteiger partial charge in [0.25, 0.3) is 11.5 Å². The molecule has 0 aliphatic carbocycles. The van der Waals surface area contributed by atoms with E-state index in [1.54, 1.807) is 12.1 Å². The van der Waals surface area contributed by atoms with E-state index in [1.807, 2.05) is 37.3 Å². The molecular weight excluding hydrogens is 412 g/mol. The Labute approximate surface area is 176 Å². The molecule has 9 heteroatoms. The van der Waals surface area contributed by atoms with Crippen LogP contribution in [0.3, 0.4) is 0 Å². The molecule has 0 aliphatic rings. The van der Waals surface area contributed by atoms with Crippen molar-refractivity contribution in [1.82, 2.24) is 9.55 Å². The van der Waals surface area contributed by atoms with Gasteiger partial charge in [0.05, 0.1) is 15.8 Å². The van der Waals surface area contributed by atoms with E-state index >= 15 is 0 Å². The summed E-state index contributed by atoms with van der Waals surface area (Å²) in [6.45, 7) is 2.46. The smallest absolute Gasteiger partial charge is 0.330 e. The minimum atomic E-state index is -0.702. The van der Waals surface area contributed by atoms with Crippen LogP contribution in [-0.4, -0.2) is 15.5 Å². The van der Waals surface area contributed by atoms with E-state index < -0.39 is 17.2 Å². The zero-order chi connectivity index (χ0) is 21.0. The Hall–Kier alpha value is -2.84. The average molecular weight is 433 g/mol. The van der Waals surface area contributed by atoms with Gasteiger partial charge in [0, 0.05) is 6.54 Å². The van der Waals surface area contributed by atoms with Crippen molar-refractivity contribution >= 4 is 40.4 Å². The zero-order valence-electron chi connectivity index (χ0n) is 15.9. The second-order valence-corrected chi connectivity index (χ2v) is 8.19. The van der Waals surface area contributed by atoms with Crippen LogP contribution < -0.4 is 21.9 Å². The number of aromatic amines is 1. The van der Waals surface area contributed by atoms with Gasteiger partial charge in [-0.25, -0.2) is 4.79 Å². The Kier molecular flexibility index (Phi) is 6.56. The summed E-state index contributed by atoms with van der Waals surface area (Å²) >= 11 is 7.11. The standard InChI is InChI=1S/C20H21ClN4O3S/c1-2-3-11-24-17(22)16(18(26)23-20(24)28)25(12-13-7-5-4-6-8-13)19(27)14-9-10-15(21)29-14/h4-10H,2-3,11-12,22H2,1H3,(H,23,26,28). The number of anilines is 2. The summed E-state index contributed by atoms with van der Waals surface area (Å²) in [6, 6.07) is 12.5. The topological polar surface area (TPSA) is 101 Å². The fourth-order valence-electron chi connectivity index (χ4n) is 2.96. The van der Waals surface area contributed by atoms with Crippen LogP contribution in [0.5, 0.6) is 0 Å². The molecule has 0 saturated carbocycles. The molecule has 0 bridgehead atoms. The fraction of sp³-hybridized carbons (Fsp3) is 0.250. The van der Waals surface area contributed by atoms with Gasteiger partial charge >= 0.3 is 5.69 Å². The van der Waals surface area contributed by atoms with E-state index in [2.05, 4.69) is 4.98 Å². The highest BCUT2D eigenvalue weighted by atomic mass is 35.5. The normalized spacial score (nSPS) is 10.8. The van der Waals surface area contributed by atoms with Gasteiger partial charge in [-0.2, -0.15) is 0 Å². The summed E-state index contributed by atoms with van der Waals surface area (Å²) in [6.07, 6.45) is 1.56. The molecule has 3 rings (SSSR count). The summed E-state index contributed by atoms with van der Waals surface area (Å²) in [7, 11) is 0. The summed E-state index contributed by atoms with van der Waals surface area (Å²) in [4.78, 5) is 42.2. The number of hydrogen-bond acceptors (Lipinski definition) is 5. The maximum atomic E-state index is 13.3. The van der Waals surface area contributed by atoms with Crippen molar-refractivity contribution < 1.29 is 4.79 Å². The van der Waals surface area contributed by atoms with Crippen molar-refractivity contribution in [3.63, 3.8) is 0 Å². The van der Waals surface area contributed by atoms with Crippen molar-refractivity contribution in [3.8, 4) is 0 Å². The van der Waals surface area contributed by atoms with Crippen LogP contribution in [0.2, 0.25) is 4.34 Å². The van der Waals surface area contributed by atoms with Crippen molar-refractivity contribution in [1.29, 1.82) is 0 Å². The van der Waals surface area contributed by atoms with E-state index in [-0.39, 0.29) is 18.1 Å². The number of benzene rings is 1. The number of rotatable bonds is 7. The number of halogens is 1. The van der Waals surface area contributed by atoms with Crippen LogP contribution >= 0.6 is 22.9 Å². The maximum Gasteiger partial charge on any atom is 0.330 e. The van der Waals surface area contributed by atoms with Crippen LogP contribution in [0.25, 0.3) is 0 Å². The first-order valence-electron chi connectivity index (χ1n) is 9.16. The van der Waals surface area contributed by atoms with Gasteiger partial charge in [-0.05, 0) is 24.1 Å².